The number of nitrogens with zero attached hydrogens (tertiary/aromatic N) is 3. The highest BCUT2D eigenvalue weighted by Crippen LogP contribution is 2.53. The quantitative estimate of drug-likeness (QED) is 0.756. The molecule has 2 aromatic carbocycles. The second kappa shape index (κ2) is 8.87. The van der Waals surface area contributed by atoms with Crippen LogP contribution in [0.5, 0.6) is 0 Å². The van der Waals surface area contributed by atoms with E-state index in [0.29, 0.717) is 0 Å². The van der Waals surface area contributed by atoms with Gasteiger partial charge in [-0.1, -0.05) is 42.5 Å². The number of aliphatic hydroxyl groups is 1. The number of amides is 1. The van der Waals surface area contributed by atoms with E-state index in [1.54, 1.807) is 0 Å². The molecule has 2 aliphatic heterocycles. The number of aliphatic hydroxyl groups excluding tert-OH is 1. The van der Waals surface area contributed by atoms with E-state index in [2.05, 4.69) is 58.3 Å². The first-order chi connectivity index (χ1) is 15.6. The Morgan fingerprint density at radius 3 is 2.47 bits per heavy atom. The fraction of sp³-hybridized carbons (Fsp3) is 0.519. The molecule has 2 heterocycles. The maximum Gasteiger partial charge on any atom is 0.245 e. The van der Waals surface area contributed by atoms with Gasteiger partial charge in [0, 0.05) is 31.9 Å². The molecular weight excluding hydrogens is 398 g/mol. The summed E-state index contributed by atoms with van der Waals surface area (Å²) in [6.07, 6.45) is 4.35. The Kier molecular flexibility index (Phi) is 5.95. The number of benzene rings is 2. The van der Waals surface area contributed by atoms with Gasteiger partial charge in [-0.2, -0.15) is 0 Å². The van der Waals surface area contributed by atoms with Crippen LogP contribution in [0.3, 0.4) is 0 Å². The monoisotopic (exact) mass is 433 g/mol. The molecule has 170 valence electrons. The largest absolute Gasteiger partial charge is 0.391 e. The van der Waals surface area contributed by atoms with Crippen molar-refractivity contribution in [3.63, 3.8) is 0 Å². The minimum atomic E-state index is -0.159. The first-order valence-corrected chi connectivity index (χ1v) is 12.2. The van der Waals surface area contributed by atoms with Crippen molar-refractivity contribution in [3.8, 4) is 11.1 Å². The molecule has 1 amide bonds. The minimum absolute atomic E-state index is 0.152. The first kappa shape index (κ1) is 21.5. The van der Waals surface area contributed by atoms with Crippen LogP contribution in [0.25, 0.3) is 11.1 Å². The van der Waals surface area contributed by atoms with Crippen LogP contribution < -0.4 is 4.90 Å². The van der Waals surface area contributed by atoms with Gasteiger partial charge >= 0.3 is 0 Å². The predicted octanol–water partition coefficient (Wildman–Crippen LogP) is 3.63. The zero-order valence-corrected chi connectivity index (χ0v) is 19.1. The summed E-state index contributed by atoms with van der Waals surface area (Å²) < 4.78 is 0. The molecule has 5 nitrogen and oxygen atoms in total. The Bertz CT molecular complexity index is 943. The van der Waals surface area contributed by atoms with Gasteiger partial charge in [-0.25, -0.2) is 0 Å². The Morgan fingerprint density at radius 1 is 0.938 bits per heavy atom. The van der Waals surface area contributed by atoms with E-state index in [1.807, 2.05) is 17.9 Å². The van der Waals surface area contributed by atoms with Crippen molar-refractivity contribution in [2.75, 3.05) is 44.2 Å². The van der Waals surface area contributed by atoms with Crippen LogP contribution in [-0.2, 0) is 4.79 Å². The summed E-state index contributed by atoms with van der Waals surface area (Å²) >= 11 is 0. The van der Waals surface area contributed by atoms with Gasteiger partial charge in [-0.05, 0) is 74.4 Å². The molecule has 1 aliphatic carbocycles. The van der Waals surface area contributed by atoms with Gasteiger partial charge in [0.05, 0.1) is 6.10 Å². The number of β-amino-alcohol motifs (C(OH)–C–C–N with tert-alkyl or cyclic N) is 1. The fourth-order valence-corrected chi connectivity index (χ4v) is 5.51. The molecule has 2 atom stereocenters. The molecule has 3 aliphatic rings. The Morgan fingerprint density at radius 2 is 1.72 bits per heavy atom. The van der Waals surface area contributed by atoms with Gasteiger partial charge in [0.1, 0.15) is 6.04 Å². The molecule has 0 bridgehead atoms. The number of anilines is 1. The third kappa shape index (κ3) is 4.28. The Balaban J connectivity index is 1.15. The van der Waals surface area contributed by atoms with E-state index in [9.17, 15) is 9.90 Å². The summed E-state index contributed by atoms with van der Waals surface area (Å²) in [6, 6.07) is 18.8. The number of hydrogen-bond donors (Lipinski definition) is 1. The molecule has 1 unspecified atom stereocenters. The number of rotatable bonds is 6. The number of carbonyl (C=O) groups excluding carboxylic acids is 1. The number of carbonyl (C=O) groups is 1. The van der Waals surface area contributed by atoms with Crippen molar-refractivity contribution in [2.45, 2.75) is 44.8 Å². The lowest BCUT2D eigenvalue weighted by atomic mass is 9.90. The van der Waals surface area contributed by atoms with Crippen molar-refractivity contribution in [1.82, 2.24) is 9.80 Å². The molecule has 32 heavy (non-hydrogen) atoms. The molecule has 0 radical (unpaired) electrons. The van der Waals surface area contributed by atoms with Crippen molar-refractivity contribution in [1.29, 1.82) is 0 Å². The highest BCUT2D eigenvalue weighted by Gasteiger charge is 2.51. The van der Waals surface area contributed by atoms with Crippen LogP contribution in [0.4, 0.5) is 5.69 Å². The average molecular weight is 434 g/mol. The zero-order chi connectivity index (χ0) is 22.1. The molecule has 0 aromatic heterocycles. The number of likely N-dealkylation sites (tertiary alicyclic amines) is 1. The SMILES string of the molecule is CC1C(=O)N(CCCN2CCC3(CC3)[C@H](O)C2)CCN1c1cccc(-c2ccccc2)c1. The predicted molar refractivity (Wildman–Crippen MR) is 129 cm³/mol. The maximum absolute atomic E-state index is 13.1. The summed E-state index contributed by atoms with van der Waals surface area (Å²) in [6.45, 7) is 7.32. The van der Waals surface area contributed by atoms with Crippen LogP contribution in [-0.4, -0.2) is 72.2 Å². The van der Waals surface area contributed by atoms with Crippen LogP contribution in [0, 0.1) is 5.41 Å². The standard InChI is InChI=1S/C27H35N3O2/c1-21-26(32)29(15-6-14-28-16-13-27(11-12-27)25(31)20-28)17-18-30(21)24-10-5-9-23(19-24)22-7-3-2-4-8-22/h2-5,7-10,19,21,25,31H,6,11-18,20H2,1H3/t21?,25-/m1/s1. The zero-order valence-electron chi connectivity index (χ0n) is 19.1. The number of hydrogen-bond acceptors (Lipinski definition) is 4. The van der Waals surface area contributed by atoms with E-state index >= 15 is 0 Å². The van der Waals surface area contributed by atoms with Gasteiger partial charge in [-0.15, -0.1) is 0 Å². The second-order valence-corrected chi connectivity index (χ2v) is 9.89. The minimum Gasteiger partial charge on any atom is -0.391 e. The normalized spacial score (nSPS) is 25.4. The van der Waals surface area contributed by atoms with Gasteiger partial charge in [-0.3, -0.25) is 4.79 Å². The molecule has 3 fully saturated rings. The summed E-state index contributed by atoms with van der Waals surface area (Å²) in [5.74, 6) is 0.219. The van der Waals surface area contributed by atoms with E-state index < -0.39 is 0 Å². The van der Waals surface area contributed by atoms with Crippen LogP contribution in [0.1, 0.15) is 32.6 Å². The Labute approximate surface area is 191 Å². The third-order valence-corrected chi connectivity index (χ3v) is 7.89. The molecule has 2 aromatic rings. The third-order valence-electron chi connectivity index (χ3n) is 7.89. The topological polar surface area (TPSA) is 47.0 Å². The van der Waals surface area contributed by atoms with Crippen molar-refractivity contribution >= 4 is 11.6 Å². The summed E-state index contributed by atoms with van der Waals surface area (Å²) in [7, 11) is 0. The van der Waals surface area contributed by atoms with E-state index in [4.69, 9.17) is 0 Å². The molecule has 2 saturated heterocycles. The van der Waals surface area contributed by atoms with Gasteiger partial charge < -0.3 is 19.8 Å². The first-order valence-electron chi connectivity index (χ1n) is 12.2. The van der Waals surface area contributed by atoms with Crippen molar-refractivity contribution in [3.05, 3.63) is 54.6 Å². The lowest BCUT2D eigenvalue weighted by Gasteiger charge is -2.41. The molecular formula is C27H35N3O2. The Hall–Kier alpha value is -2.37. The van der Waals surface area contributed by atoms with Crippen molar-refractivity contribution < 1.29 is 9.90 Å². The lowest BCUT2D eigenvalue weighted by Crippen LogP contribution is -2.56. The van der Waals surface area contributed by atoms with Crippen LogP contribution >= 0.6 is 0 Å². The van der Waals surface area contributed by atoms with Crippen molar-refractivity contribution in [2.24, 2.45) is 5.41 Å². The van der Waals surface area contributed by atoms with E-state index in [1.165, 1.54) is 24.0 Å². The van der Waals surface area contributed by atoms with Crippen LogP contribution in [0.2, 0.25) is 0 Å². The summed E-state index contributed by atoms with van der Waals surface area (Å²) in [5.41, 5.74) is 3.75. The summed E-state index contributed by atoms with van der Waals surface area (Å²) in [5, 5.41) is 10.4. The maximum atomic E-state index is 13.1. The molecule has 5 heteroatoms. The molecule has 1 saturated carbocycles. The van der Waals surface area contributed by atoms with Crippen LogP contribution in [0.15, 0.2) is 54.6 Å². The van der Waals surface area contributed by atoms with E-state index in [-0.39, 0.29) is 23.5 Å². The smallest absolute Gasteiger partial charge is 0.245 e. The lowest BCUT2D eigenvalue weighted by molar-refractivity contribution is -0.134. The number of piperidine rings is 1. The average Bonchev–Trinajstić information content (AvgIpc) is 3.61. The van der Waals surface area contributed by atoms with Gasteiger partial charge in [0.15, 0.2) is 0 Å². The summed E-state index contributed by atoms with van der Waals surface area (Å²) in [4.78, 5) is 19.8. The fourth-order valence-electron chi connectivity index (χ4n) is 5.51. The molecule has 1 spiro atoms. The molecule has 5 rings (SSSR count). The van der Waals surface area contributed by atoms with Gasteiger partial charge in [0.2, 0.25) is 5.91 Å². The second-order valence-electron chi connectivity index (χ2n) is 9.89. The highest BCUT2D eigenvalue weighted by atomic mass is 16.3. The molecule has 1 N–H and O–H groups in total. The number of piperazine rings is 1. The highest BCUT2D eigenvalue weighted by molar-refractivity contribution is 5.86. The van der Waals surface area contributed by atoms with E-state index in [0.717, 1.165) is 57.8 Å². The van der Waals surface area contributed by atoms with Gasteiger partial charge in [0.25, 0.3) is 0 Å².